The van der Waals surface area contributed by atoms with Crippen LogP contribution in [0.25, 0.3) is 0 Å². The molecule has 34 heavy (non-hydrogen) atoms. The van der Waals surface area contributed by atoms with Crippen LogP contribution < -0.4 is 10.1 Å². The van der Waals surface area contributed by atoms with E-state index in [0.29, 0.717) is 28.8 Å². The Kier molecular flexibility index (Phi) is 9.37. The van der Waals surface area contributed by atoms with Gasteiger partial charge in [-0.05, 0) is 48.7 Å². The summed E-state index contributed by atoms with van der Waals surface area (Å²) in [5, 5.41) is 3.69. The fraction of sp³-hybridized carbons (Fsp3) is 0.259. The number of likely N-dealkylation sites (N-methyl/N-ethyl adjacent to an activating group) is 1. The molecule has 3 aromatic carbocycles. The van der Waals surface area contributed by atoms with E-state index in [1.165, 1.54) is 0 Å². The van der Waals surface area contributed by atoms with E-state index in [0.717, 1.165) is 16.7 Å². The zero-order valence-corrected chi connectivity index (χ0v) is 20.8. The molecule has 3 rings (SSSR count). The number of hydrogen-bond acceptors (Lipinski definition) is 3. The lowest BCUT2D eigenvalue weighted by Gasteiger charge is -2.31. The van der Waals surface area contributed by atoms with Crippen LogP contribution in [0.1, 0.15) is 23.6 Å². The average molecular weight is 499 g/mol. The number of benzene rings is 3. The van der Waals surface area contributed by atoms with Gasteiger partial charge in [-0.15, -0.1) is 0 Å². The van der Waals surface area contributed by atoms with Crippen molar-refractivity contribution in [2.24, 2.45) is 0 Å². The zero-order valence-electron chi connectivity index (χ0n) is 19.3. The monoisotopic (exact) mass is 498 g/mol. The van der Waals surface area contributed by atoms with E-state index >= 15 is 0 Å². The highest BCUT2D eigenvalue weighted by Crippen LogP contribution is 2.24. The maximum atomic E-state index is 13.5. The van der Waals surface area contributed by atoms with Gasteiger partial charge >= 0.3 is 0 Å². The number of hydrogen-bond donors (Lipinski definition) is 1. The fourth-order valence-corrected chi connectivity index (χ4v) is 3.94. The molecule has 1 unspecified atom stereocenters. The molecule has 0 fully saturated rings. The molecule has 0 saturated heterocycles. The molecule has 0 heterocycles. The zero-order chi connectivity index (χ0) is 24.5. The second-order valence-electron chi connectivity index (χ2n) is 7.92. The molecule has 178 valence electrons. The molecule has 0 bridgehead atoms. The molecule has 0 radical (unpaired) electrons. The highest BCUT2D eigenvalue weighted by Gasteiger charge is 2.30. The standard InChI is InChI=1S/C27H28Cl2N2O3/c1-3-30-27(33)24(16-20-10-5-4-6-11-20)31(17-21-13-14-22(28)23(29)15-21)26(32)18-34-25-12-8-7-9-19(25)2/h4-15,24H,3,16-18H2,1-2H3,(H,30,33). The Morgan fingerprint density at radius 3 is 2.32 bits per heavy atom. The van der Waals surface area contributed by atoms with Crippen LogP contribution in [0.2, 0.25) is 10.0 Å². The smallest absolute Gasteiger partial charge is 0.261 e. The van der Waals surface area contributed by atoms with Crippen LogP contribution in [0.4, 0.5) is 0 Å². The third-order valence-electron chi connectivity index (χ3n) is 5.40. The number of nitrogens with one attached hydrogen (secondary N) is 1. The number of rotatable bonds is 10. The SMILES string of the molecule is CCNC(=O)C(Cc1ccccc1)N(Cc1ccc(Cl)c(Cl)c1)C(=O)COc1ccccc1C. The Hall–Kier alpha value is -3.02. The van der Waals surface area contributed by atoms with Crippen molar-refractivity contribution >= 4 is 35.0 Å². The third-order valence-corrected chi connectivity index (χ3v) is 6.14. The first-order chi connectivity index (χ1) is 16.4. The summed E-state index contributed by atoms with van der Waals surface area (Å²) in [4.78, 5) is 28.2. The van der Waals surface area contributed by atoms with Crippen molar-refractivity contribution in [3.05, 3.63) is 99.5 Å². The van der Waals surface area contributed by atoms with Crippen LogP contribution in [0.3, 0.4) is 0 Å². The van der Waals surface area contributed by atoms with Gasteiger partial charge in [0.05, 0.1) is 10.0 Å². The predicted molar refractivity (Wildman–Crippen MR) is 136 cm³/mol. The van der Waals surface area contributed by atoms with Crippen molar-refractivity contribution in [2.45, 2.75) is 32.9 Å². The Morgan fingerprint density at radius 1 is 0.941 bits per heavy atom. The third kappa shape index (κ3) is 6.99. The van der Waals surface area contributed by atoms with E-state index in [2.05, 4.69) is 5.32 Å². The van der Waals surface area contributed by atoms with E-state index in [-0.39, 0.29) is 25.0 Å². The van der Waals surface area contributed by atoms with Gasteiger partial charge in [-0.2, -0.15) is 0 Å². The van der Waals surface area contributed by atoms with Gasteiger partial charge in [-0.1, -0.05) is 77.8 Å². The first-order valence-electron chi connectivity index (χ1n) is 11.1. The van der Waals surface area contributed by atoms with Gasteiger partial charge in [0, 0.05) is 19.5 Å². The second-order valence-corrected chi connectivity index (χ2v) is 8.74. The number of para-hydroxylation sites is 1. The summed E-state index contributed by atoms with van der Waals surface area (Å²) < 4.78 is 5.83. The lowest BCUT2D eigenvalue weighted by atomic mass is 10.0. The van der Waals surface area contributed by atoms with Gasteiger partial charge in [0.15, 0.2) is 6.61 Å². The maximum absolute atomic E-state index is 13.5. The Morgan fingerprint density at radius 2 is 1.65 bits per heavy atom. The topological polar surface area (TPSA) is 58.6 Å². The van der Waals surface area contributed by atoms with Crippen molar-refractivity contribution in [3.63, 3.8) is 0 Å². The highest BCUT2D eigenvalue weighted by molar-refractivity contribution is 6.42. The lowest BCUT2D eigenvalue weighted by Crippen LogP contribution is -2.51. The summed E-state index contributed by atoms with van der Waals surface area (Å²) in [6.07, 6.45) is 0.365. The molecule has 3 aromatic rings. The molecule has 5 nitrogen and oxygen atoms in total. The normalized spacial score (nSPS) is 11.5. The number of ether oxygens (including phenoxy) is 1. The van der Waals surface area contributed by atoms with Gasteiger partial charge in [0.25, 0.3) is 5.91 Å². The number of halogens is 2. The molecular formula is C27H28Cl2N2O3. The summed E-state index contributed by atoms with van der Waals surface area (Å²) in [5.41, 5.74) is 2.64. The van der Waals surface area contributed by atoms with E-state index in [9.17, 15) is 9.59 Å². The Bertz CT molecular complexity index is 1120. The van der Waals surface area contributed by atoms with Gasteiger partial charge in [-0.3, -0.25) is 9.59 Å². The highest BCUT2D eigenvalue weighted by atomic mass is 35.5. The molecule has 0 spiro atoms. The minimum atomic E-state index is -0.732. The van der Waals surface area contributed by atoms with Crippen LogP contribution in [0.15, 0.2) is 72.8 Å². The summed E-state index contributed by atoms with van der Waals surface area (Å²) in [5.74, 6) is 0.0973. The number of carbonyl (C=O) groups excluding carboxylic acids is 2. The Labute approximate surface area is 210 Å². The van der Waals surface area contributed by atoms with Crippen LogP contribution >= 0.6 is 23.2 Å². The van der Waals surface area contributed by atoms with Gasteiger partial charge in [-0.25, -0.2) is 0 Å². The van der Waals surface area contributed by atoms with Crippen LogP contribution in [-0.4, -0.2) is 35.9 Å². The van der Waals surface area contributed by atoms with Crippen LogP contribution in [0.5, 0.6) is 5.75 Å². The van der Waals surface area contributed by atoms with Crippen molar-refractivity contribution in [1.29, 1.82) is 0 Å². The first-order valence-corrected chi connectivity index (χ1v) is 11.9. The molecule has 2 amide bonds. The molecule has 1 atom stereocenters. The molecule has 0 aromatic heterocycles. The molecule has 1 N–H and O–H groups in total. The lowest BCUT2D eigenvalue weighted by molar-refractivity contribution is -0.142. The Balaban J connectivity index is 1.92. The molecule has 0 aliphatic carbocycles. The number of nitrogens with zero attached hydrogens (tertiary/aromatic N) is 1. The van der Waals surface area contributed by atoms with Gasteiger partial charge in [0.1, 0.15) is 11.8 Å². The average Bonchev–Trinajstić information content (AvgIpc) is 2.83. The van der Waals surface area contributed by atoms with Crippen molar-refractivity contribution in [3.8, 4) is 5.75 Å². The summed E-state index contributed by atoms with van der Waals surface area (Å²) in [6.45, 7) is 4.21. The molecular weight excluding hydrogens is 471 g/mol. The van der Waals surface area contributed by atoms with Gasteiger partial charge < -0.3 is 15.0 Å². The quantitative estimate of drug-likeness (QED) is 0.403. The minimum absolute atomic E-state index is 0.182. The van der Waals surface area contributed by atoms with E-state index in [4.69, 9.17) is 27.9 Å². The summed E-state index contributed by atoms with van der Waals surface area (Å²) >= 11 is 12.3. The van der Waals surface area contributed by atoms with Crippen LogP contribution in [-0.2, 0) is 22.6 Å². The van der Waals surface area contributed by atoms with Gasteiger partial charge in [0.2, 0.25) is 5.91 Å². The molecule has 0 aliphatic rings. The molecule has 0 aliphatic heterocycles. The number of amides is 2. The molecule has 7 heteroatoms. The van der Waals surface area contributed by atoms with Crippen LogP contribution in [0, 0.1) is 6.92 Å². The van der Waals surface area contributed by atoms with Crippen molar-refractivity contribution in [2.75, 3.05) is 13.2 Å². The molecule has 0 saturated carbocycles. The number of aryl methyl sites for hydroxylation is 1. The summed E-state index contributed by atoms with van der Waals surface area (Å²) in [6, 6.07) is 21.6. The summed E-state index contributed by atoms with van der Waals surface area (Å²) in [7, 11) is 0. The largest absolute Gasteiger partial charge is 0.484 e. The van der Waals surface area contributed by atoms with Crippen molar-refractivity contribution < 1.29 is 14.3 Å². The van der Waals surface area contributed by atoms with E-state index < -0.39 is 6.04 Å². The first kappa shape index (κ1) is 25.6. The van der Waals surface area contributed by atoms with E-state index in [1.807, 2.05) is 68.4 Å². The van der Waals surface area contributed by atoms with E-state index in [1.54, 1.807) is 23.1 Å². The minimum Gasteiger partial charge on any atom is -0.484 e. The fourth-order valence-electron chi connectivity index (χ4n) is 3.62. The maximum Gasteiger partial charge on any atom is 0.261 e. The van der Waals surface area contributed by atoms with Crippen molar-refractivity contribution in [1.82, 2.24) is 10.2 Å². The predicted octanol–water partition coefficient (Wildman–Crippen LogP) is 5.46. The second kappa shape index (κ2) is 12.4. The number of carbonyl (C=O) groups is 2.